The van der Waals surface area contributed by atoms with Crippen LogP contribution < -0.4 is 4.40 Å². The summed E-state index contributed by atoms with van der Waals surface area (Å²) in [6, 6.07) is 9.81. The molecule has 1 aliphatic rings. The Morgan fingerprint density at radius 1 is 0.968 bits per heavy atom. The number of aryl methyl sites for hydroxylation is 1. The average Bonchev–Trinajstić information content (AvgIpc) is 3.08. The predicted molar refractivity (Wildman–Crippen MR) is 133 cm³/mol. The summed E-state index contributed by atoms with van der Waals surface area (Å²) in [5, 5.41) is 2.62. The average molecular weight is 420 g/mol. The van der Waals surface area contributed by atoms with E-state index in [9.17, 15) is 0 Å². The van der Waals surface area contributed by atoms with Gasteiger partial charge in [0.1, 0.15) is 11.2 Å². The van der Waals surface area contributed by atoms with Gasteiger partial charge in [-0.3, -0.25) is 0 Å². The molecule has 0 N–H and O–H groups in total. The number of hydrogen-bond donors (Lipinski definition) is 0. The molecule has 0 bridgehead atoms. The summed E-state index contributed by atoms with van der Waals surface area (Å²) in [4.78, 5) is 0. The zero-order chi connectivity index (χ0) is 27.6. The molecule has 0 aliphatic carbocycles. The maximum Gasteiger partial charge on any atom is 0.295 e. The first kappa shape index (κ1) is 14.7. The van der Waals surface area contributed by atoms with Gasteiger partial charge in [0, 0.05) is 42.3 Å². The van der Waals surface area contributed by atoms with E-state index in [2.05, 4.69) is 42.7 Å². The van der Waals surface area contributed by atoms with Gasteiger partial charge in [-0.05, 0) is 37.7 Å². The molecular weight excluding hydrogens is 376 g/mol. The van der Waals surface area contributed by atoms with Crippen molar-refractivity contribution in [2.75, 3.05) is 0 Å². The number of fused-ring (bicyclic) bond motifs is 3. The molecule has 4 aromatic rings. The molecule has 0 saturated carbocycles. The SMILES string of the molecule is [2H]C([2H])([2H])c1ccc2c3c1c1cccc(C(C)C)c1c1n(C(C)C)c(C)c([n+]31)C(C)(C([2H])([2H])[2H])C2(C)C. The number of nitrogens with zero attached hydrogens (tertiary/aromatic N) is 2. The topological polar surface area (TPSA) is 9.03 Å². The Morgan fingerprint density at radius 2 is 1.71 bits per heavy atom. The van der Waals surface area contributed by atoms with Gasteiger partial charge in [0.05, 0.1) is 11.4 Å². The lowest BCUT2D eigenvalue weighted by Crippen LogP contribution is -2.51. The van der Waals surface area contributed by atoms with E-state index < -0.39 is 24.5 Å². The van der Waals surface area contributed by atoms with Crippen molar-refractivity contribution < 1.29 is 12.6 Å². The molecule has 0 fully saturated rings. The largest absolute Gasteiger partial charge is 0.295 e. The molecule has 1 unspecified atom stereocenters. The quantitative estimate of drug-likeness (QED) is 0.236. The number of aromatic nitrogens is 2. The van der Waals surface area contributed by atoms with Crippen molar-refractivity contribution in [1.29, 1.82) is 0 Å². The molecule has 0 spiro atoms. The summed E-state index contributed by atoms with van der Waals surface area (Å²) in [6.45, 7) is 11.8. The Labute approximate surface area is 195 Å². The summed E-state index contributed by atoms with van der Waals surface area (Å²) in [5.74, 6) is 0.192. The lowest BCUT2D eigenvalue weighted by atomic mass is 9.60. The van der Waals surface area contributed by atoms with Crippen LogP contribution in [-0.4, -0.2) is 4.57 Å². The zero-order valence-corrected chi connectivity index (χ0v) is 19.9. The van der Waals surface area contributed by atoms with E-state index in [1.165, 1.54) is 0 Å². The van der Waals surface area contributed by atoms with Crippen LogP contribution in [0.1, 0.15) is 104 Å². The smallest absolute Gasteiger partial charge is 0.225 e. The van der Waals surface area contributed by atoms with Crippen molar-refractivity contribution in [3.63, 3.8) is 0 Å². The Hall–Kier alpha value is -2.35. The summed E-state index contributed by atoms with van der Waals surface area (Å²) in [5.41, 5.74) is 3.73. The number of rotatable bonds is 2. The fourth-order valence-electron chi connectivity index (χ4n) is 5.99. The van der Waals surface area contributed by atoms with Crippen LogP contribution in [-0.2, 0) is 10.8 Å². The molecule has 0 saturated heterocycles. The minimum atomic E-state index is -2.32. The predicted octanol–water partition coefficient (Wildman–Crippen LogP) is 7.42. The number of benzene rings is 2. The third-order valence-electron chi connectivity index (χ3n) is 7.89. The van der Waals surface area contributed by atoms with E-state index in [-0.39, 0.29) is 12.0 Å². The summed E-state index contributed by atoms with van der Waals surface area (Å²) in [7, 11) is 0. The van der Waals surface area contributed by atoms with Crippen molar-refractivity contribution in [1.82, 2.24) is 4.57 Å². The van der Waals surface area contributed by atoms with Gasteiger partial charge in [0.2, 0.25) is 0 Å². The Bertz CT molecular complexity index is 1600. The second-order valence-corrected chi connectivity index (χ2v) is 10.6. The van der Waals surface area contributed by atoms with Crippen molar-refractivity contribution in [2.24, 2.45) is 0 Å². The first-order valence-corrected chi connectivity index (χ1v) is 11.4. The van der Waals surface area contributed by atoms with Crippen LogP contribution >= 0.6 is 0 Å². The Morgan fingerprint density at radius 3 is 2.32 bits per heavy atom. The van der Waals surface area contributed by atoms with E-state index in [1.54, 1.807) is 6.07 Å². The molecule has 2 heteroatoms. The normalized spacial score (nSPS) is 23.9. The van der Waals surface area contributed by atoms with Crippen LogP contribution in [0, 0.1) is 13.8 Å². The van der Waals surface area contributed by atoms with Gasteiger partial charge in [-0.15, -0.1) is 0 Å². The number of pyridine rings is 1. The number of hydrogen-bond acceptors (Lipinski definition) is 0. The van der Waals surface area contributed by atoms with Gasteiger partial charge < -0.3 is 0 Å². The minimum Gasteiger partial charge on any atom is -0.225 e. The van der Waals surface area contributed by atoms with Crippen molar-refractivity contribution in [3.8, 4) is 0 Å². The fraction of sp³-hybridized carbons (Fsp3) is 0.483. The maximum absolute atomic E-state index is 8.82. The van der Waals surface area contributed by atoms with E-state index in [0.29, 0.717) is 10.9 Å². The molecule has 5 rings (SSSR count). The van der Waals surface area contributed by atoms with E-state index in [1.807, 2.05) is 45.9 Å². The highest BCUT2D eigenvalue weighted by molar-refractivity contribution is 6.13. The fourth-order valence-corrected chi connectivity index (χ4v) is 5.99. The molecule has 1 atom stereocenters. The lowest BCUT2D eigenvalue weighted by Gasteiger charge is -2.43. The molecular formula is C29H37N2+. The maximum atomic E-state index is 8.82. The van der Waals surface area contributed by atoms with Gasteiger partial charge >= 0.3 is 0 Å². The summed E-state index contributed by atoms with van der Waals surface area (Å²) >= 11 is 0. The van der Waals surface area contributed by atoms with Gasteiger partial charge in [0.15, 0.2) is 5.69 Å². The van der Waals surface area contributed by atoms with Crippen LogP contribution in [0.15, 0.2) is 30.3 Å². The lowest BCUT2D eigenvalue weighted by molar-refractivity contribution is -0.500. The van der Waals surface area contributed by atoms with Crippen molar-refractivity contribution in [2.45, 2.75) is 91.9 Å². The van der Waals surface area contributed by atoms with Crippen LogP contribution in [0.25, 0.3) is 27.3 Å². The van der Waals surface area contributed by atoms with Gasteiger partial charge in [0.25, 0.3) is 5.65 Å². The monoisotopic (exact) mass is 419 g/mol. The van der Waals surface area contributed by atoms with Crippen LogP contribution in [0.5, 0.6) is 0 Å². The highest BCUT2D eigenvalue weighted by Crippen LogP contribution is 2.51. The molecule has 0 amide bonds. The highest BCUT2D eigenvalue weighted by atomic mass is 15.2. The standard InChI is InChI=1S/C29H37N2/c1-16(2)20-12-11-13-21-23-18(5)14-15-22-25(23)31-26(29(9,10)28(22,7)8)19(6)30(17(3)4)27(31)24(20)21/h11-17H,1-10H3/q+1/i5D3,9D3. The molecule has 1 aliphatic heterocycles. The van der Waals surface area contributed by atoms with Crippen LogP contribution in [0.3, 0.4) is 0 Å². The molecule has 2 nitrogen and oxygen atoms in total. The Balaban J connectivity index is 2.30. The first-order valence-electron chi connectivity index (χ1n) is 14.4. The summed E-state index contributed by atoms with van der Waals surface area (Å²) in [6.07, 6.45) is 0. The van der Waals surface area contributed by atoms with Crippen molar-refractivity contribution in [3.05, 3.63) is 58.4 Å². The van der Waals surface area contributed by atoms with Gasteiger partial charge in [-0.25, -0.2) is 4.57 Å². The molecule has 0 radical (unpaired) electrons. The third kappa shape index (κ3) is 2.26. The van der Waals surface area contributed by atoms with Gasteiger partial charge in [-0.1, -0.05) is 71.8 Å². The zero-order valence-electron chi connectivity index (χ0n) is 25.9. The molecule has 2 aromatic heterocycles. The number of imidazole rings is 1. The molecule has 31 heavy (non-hydrogen) atoms. The van der Waals surface area contributed by atoms with E-state index >= 15 is 0 Å². The Kier molecular flexibility index (Phi) is 2.89. The molecule has 2 aromatic carbocycles. The molecule has 3 heterocycles. The van der Waals surface area contributed by atoms with E-state index in [4.69, 9.17) is 8.22 Å². The van der Waals surface area contributed by atoms with Crippen LogP contribution in [0.4, 0.5) is 0 Å². The van der Waals surface area contributed by atoms with Crippen molar-refractivity contribution >= 4 is 27.3 Å². The minimum absolute atomic E-state index is 0.0703. The summed E-state index contributed by atoms with van der Waals surface area (Å²) < 4.78 is 56.2. The highest BCUT2D eigenvalue weighted by Gasteiger charge is 2.52. The second-order valence-electron chi connectivity index (χ2n) is 10.6. The first-order chi connectivity index (χ1) is 16.9. The van der Waals surface area contributed by atoms with E-state index in [0.717, 1.165) is 44.5 Å². The second kappa shape index (κ2) is 6.12. The molecule has 162 valence electrons. The third-order valence-corrected chi connectivity index (χ3v) is 7.89. The van der Waals surface area contributed by atoms with Crippen LogP contribution in [0.2, 0.25) is 0 Å². The van der Waals surface area contributed by atoms with Gasteiger partial charge in [-0.2, -0.15) is 4.40 Å².